The molecule has 2 aromatic carbocycles. The number of rotatable bonds is 6. The molecule has 0 saturated heterocycles. The Morgan fingerprint density at radius 2 is 1.62 bits per heavy atom. The van der Waals surface area contributed by atoms with Crippen molar-refractivity contribution in [2.24, 2.45) is 4.99 Å². The normalized spacial score (nSPS) is 11.6. The number of aromatic amines is 1. The van der Waals surface area contributed by atoms with Crippen LogP contribution in [0.5, 0.6) is 0 Å². The Kier molecular flexibility index (Phi) is 5.51. The van der Waals surface area contributed by atoms with Crippen LogP contribution in [0.1, 0.15) is 11.1 Å². The maximum Gasteiger partial charge on any atom is 0.190 e. The minimum Gasteiger partial charge on any atom is -0.361 e. The van der Waals surface area contributed by atoms with Crippen molar-refractivity contribution in [3.05, 3.63) is 71.9 Å². The molecular weight excluding hydrogens is 296 g/mol. The number of nitrogens with zero attached hydrogens (tertiary/aromatic N) is 1. The van der Waals surface area contributed by atoms with E-state index in [0.717, 1.165) is 31.9 Å². The predicted molar refractivity (Wildman–Crippen MR) is 102 cm³/mol. The highest BCUT2D eigenvalue weighted by Crippen LogP contribution is 2.17. The van der Waals surface area contributed by atoms with Crippen LogP contribution in [-0.4, -0.2) is 31.1 Å². The number of guanidine groups is 1. The number of para-hydroxylation sites is 1. The van der Waals surface area contributed by atoms with Crippen LogP contribution in [0.15, 0.2) is 65.8 Å². The van der Waals surface area contributed by atoms with Gasteiger partial charge in [0.25, 0.3) is 0 Å². The van der Waals surface area contributed by atoms with Gasteiger partial charge < -0.3 is 15.6 Å². The van der Waals surface area contributed by atoms with E-state index >= 15 is 0 Å². The molecule has 0 aliphatic rings. The van der Waals surface area contributed by atoms with Gasteiger partial charge in [-0.15, -0.1) is 0 Å². The molecule has 4 heteroatoms. The van der Waals surface area contributed by atoms with E-state index < -0.39 is 0 Å². The zero-order chi connectivity index (χ0) is 16.6. The number of hydrogen-bond acceptors (Lipinski definition) is 1. The summed E-state index contributed by atoms with van der Waals surface area (Å²) < 4.78 is 0. The molecule has 0 bridgehead atoms. The van der Waals surface area contributed by atoms with Gasteiger partial charge >= 0.3 is 0 Å². The summed E-state index contributed by atoms with van der Waals surface area (Å²) in [5.74, 6) is 0.853. The Hall–Kier alpha value is -2.75. The molecule has 0 aliphatic heterocycles. The van der Waals surface area contributed by atoms with Crippen LogP contribution in [0, 0.1) is 0 Å². The summed E-state index contributed by atoms with van der Waals surface area (Å²) in [6, 6.07) is 18.9. The van der Waals surface area contributed by atoms with Gasteiger partial charge in [0, 0.05) is 37.2 Å². The standard InChI is InChI=1S/C20H24N4/c1-21-20(22-13-11-16-7-3-2-4-8-16)23-14-12-17-15-24-19-10-6-5-9-18(17)19/h2-10,15,24H,11-14H2,1H3,(H2,21,22,23). The van der Waals surface area contributed by atoms with E-state index in [1.165, 1.54) is 22.0 Å². The first-order valence-corrected chi connectivity index (χ1v) is 8.40. The summed E-state index contributed by atoms with van der Waals surface area (Å²) in [5, 5.41) is 8.05. The average Bonchev–Trinajstić information content (AvgIpc) is 3.04. The van der Waals surface area contributed by atoms with E-state index in [9.17, 15) is 0 Å². The van der Waals surface area contributed by atoms with Crippen LogP contribution in [0.3, 0.4) is 0 Å². The fourth-order valence-electron chi connectivity index (χ4n) is 2.84. The van der Waals surface area contributed by atoms with E-state index in [-0.39, 0.29) is 0 Å². The third-order valence-electron chi connectivity index (χ3n) is 4.13. The molecule has 0 spiro atoms. The molecule has 0 aliphatic carbocycles. The van der Waals surface area contributed by atoms with Gasteiger partial charge in [-0.25, -0.2) is 0 Å². The van der Waals surface area contributed by atoms with Crippen molar-refractivity contribution in [1.82, 2.24) is 15.6 Å². The minimum absolute atomic E-state index is 0.853. The first-order valence-electron chi connectivity index (χ1n) is 8.40. The maximum atomic E-state index is 4.29. The molecule has 124 valence electrons. The smallest absolute Gasteiger partial charge is 0.190 e. The fraction of sp³-hybridized carbons (Fsp3) is 0.250. The number of nitrogens with one attached hydrogen (secondary N) is 3. The number of fused-ring (bicyclic) bond motifs is 1. The van der Waals surface area contributed by atoms with Crippen molar-refractivity contribution in [2.45, 2.75) is 12.8 Å². The van der Waals surface area contributed by atoms with Gasteiger partial charge in [-0.3, -0.25) is 4.99 Å². The van der Waals surface area contributed by atoms with Crippen LogP contribution < -0.4 is 10.6 Å². The lowest BCUT2D eigenvalue weighted by molar-refractivity contribution is 0.785. The van der Waals surface area contributed by atoms with Crippen LogP contribution in [0.2, 0.25) is 0 Å². The SMILES string of the molecule is CN=C(NCCc1ccccc1)NCCc1c[nH]c2ccccc12. The highest BCUT2D eigenvalue weighted by Gasteiger charge is 2.03. The topological polar surface area (TPSA) is 52.2 Å². The van der Waals surface area contributed by atoms with Crippen molar-refractivity contribution in [3.8, 4) is 0 Å². The third-order valence-corrected chi connectivity index (χ3v) is 4.13. The molecule has 0 amide bonds. The van der Waals surface area contributed by atoms with Crippen molar-refractivity contribution in [1.29, 1.82) is 0 Å². The Morgan fingerprint density at radius 1 is 0.917 bits per heavy atom. The van der Waals surface area contributed by atoms with Gasteiger partial charge in [-0.1, -0.05) is 48.5 Å². The van der Waals surface area contributed by atoms with E-state index in [1.807, 2.05) is 13.1 Å². The van der Waals surface area contributed by atoms with Crippen molar-refractivity contribution in [3.63, 3.8) is 0 Å². The van der Waals surface area contributed by atoms with Gasteiger partial charge in [-0.05, 0) is 30.0 Å². The summed E-state index contributed by atoms with van der Waals surface area (Å²) in [7, 11) is 1.81. The number of hydrogen-bond donors (Lipinski definition) is 3. The summed E-state index contributed by atoms with van der Waals surface area (Å²) in [4.78, 5) is 7.61. The summed E-state index contributed by atoms with van der Waals surface area (Å²) in [5.41, 5.74) is 3.86. The summed E-state index contributed by atoms with van der Waals surface area (Å²) in [6.45, 7) is 1.73. The molecule has 1 aromatic heterocycles. The Labute approximate surface area is 143 Å². The largest absolute Gasteiger partial charge is 0.361 e. The lowest BCUT2D eigenvalue weighted by Gasteiger charge is -2.11. The van der Waals surface area contributed by atoms with Crippen LogP contribution >= 0.6 is 0 Å². The van der Waals surface area contributed by atoms with Gasteiger partial charge in [0.1, 0.15) is 0 Å². The molecule has 24 heavy (non-hydrogen) atoms. The Morgan fingerprint density at radius 3 is 2.42 bits per heavy atom. The van der Waals surface area contributed by atoms with Gasteiger partial charge in [-0.2, -0.15) is 0 Å². The first kappa shape index (κ1) is 16.1. The second-order valence-electron chi connectivity index (χ2n) is 5.77. The van der Waals surface area contributed by atoms with Crippen LogP contribution in [0.4, 0.5) is 0 Å². The molecule has 0 atom stereocenters. The number of benzene rings is 2. The van der Waals surface area contributed by atoms with Crippen LogP contribution in [-0.2, 0) is 12.8 Å². The zero-order valence-corrected chi connectivity index (χ0v) is 14.0. The molecular formula is C20H24N4. The number of aromatic nitrogens is 1. The summed E-state index contributed by atoms with van der Waals surface area (Å²) >= 11 is 0. The zero-order valence-electron chi connectivity index (χ0n) is 14.0. The van der Waals surface area contributed by atoms with Gasteiger partial charge in [0.15, 0.2) is 5.96 Å². The molecule has 0 saturated carbocycles. The van der Waals surface area contributed by atoms with Crippen molar-refractivity contribution < 1.29 is 0 Å². The predicted octanol–water partition coefficient (Wildman–Crippen LogP) is 3.12. The van der Waals surface area contributed by atoms with E-state index in [4.69, 9.17) is 0 Å². The van der Waals surface area contributed by atoms with Crippen LogP contribution in [0.25, 0.3) is 10.9 Å². The van der Waals surface area contributed by atoms with Crippen molar-refractivity contribution in [2.75, 3.05) is 20.1 Å². The molecule has 0 radical (unpaired) electrons. The van der Waals surface area contributed by atoms with Gasteiger partial charge in [0.05, 0.1) is 0 Å². The van der Waals surface area contributed by atoms with Gasteiger partial charge in [0.2, 0.25) is 0 Å². The lowest BCUT2D eigenvalue weighted by Crippen LogP contribution is -2.39. The average molecular weight is 320 g/mol. The summed E-state index contributed by atoms with van der Waals surface area (Å²) in [6.07, 6.45) is 4.05. The number of aliphatic imine (C=N–C) groups is 1. The first-order chi connectivity index (χ1) is 11.9. The van der Waals surface area contributed by atoms with E-state index in [2.05, 4.69) is 75.3 Å². The molecule has 0 unspecified atom stereocenters. The number of H-pyrrole nitrogens is 1. The molecule has 3 rings (SSSR count). The third kappa shape index (κ3) is 4.16. The second kappa shape index (κ2) is 8.20. The fourth-order valence-corrected chi connectivity index (χ4v) is 2.84. The Bertz CT molecular complexity index is 790. The Balaban J connectivity index is 1.44. The van der Waals surface area contributed by atoms with E-state index in [1.54, 1.807) is 0 Å². The quantitative estimate of drug-likeness (QED) is 0.483. The highest BCUT2D eigenvalue weighted by atomic mass is 15.2. The van der Waals surface area contributed by atoms with Crippen molar-refractivity contribution >= 4 is 16.9 Å². The highest BCUT2D eigenvalue weighted by molar-refractivity contribution is 5.83. The monoisotopic (exact) mass is 320 g/mol. The van der Waals surface area contributed by atoms with E-state index in [0.29, 0.717) is 0 Å². The lowest BCUT2D eigenvalue weighted by atomic mass is 10.1. The maximum absolute atomic E-state index is 4.29. The molecule has 0 fully saturated rings. The molecule has 1 heterocycles. The molecule has 3 N–H and O–H groups in total. The minimum atomic E-state index is 0.853. The second-order valence-corrected chi connectivity index (χ2v) is 5.77. The molecule has 3 aromatic rings. The molecule has 4 nitrogen and oxygen atoms in total.